The first-order valence-corrected chi connectivity index (χ1v) is 16.6. The number of rotatable bonds is 8. The Morgan fingerprint density at radius 2 is 0.818 bits per heavy atom. The van der Waals surface area contributed by atoms with Crippen LogP contribution in [0.25, 0.3) is 0 Å². The van der Waals surface area contributed by atoms with Crippen LogP contribution >= 0.6 is 23.2 Å². The van der Waals surface area contributed by atoms with E-state index in [4.69, 9.17) is 34.7 Å². The quantitative estimate of drug-likeness (QED) is 0.134. The van der Waals surface area contributed by atoms with Crippen LogP contribution in [-0.2, 0) is 17.1 Å². The molecule has 0 spiro atoms. The van der Waals surface area contributed by atoms with Crippen molar-refractivity contribution in [3.63, 3.8) is 0 Å². The molecule has 0 aliphatic heterocycles. The fourth-order valence-corrected chi connectivity index (χ4v) is 4.70. The van der Waals surface area contributed by atoms with E-state index in [1.807, 2.05) is 26.0 Å². The molecule has 0 saturated carbocycles. The van der Waals surface area contributed by atoms with Crippen LogP contribution in [0.5, 0.6) is 0 Å². The van der Waals surface area contributed by atoms with E-state index in [2.05, 4.69) is 20.6 Å². The van der Waals surface area contributed by atoms with Gasteiger partial charge in [0, 0.05) is 79.8 Å². The van der Waals surface area contributed by atoms with E-state index < -0.39 is 23.8 Å². The smallest absolute Gasteiger partial charge is 0.545 e. The molecule has 0 aliphatic rings. The van der Waals surface area contributed by atoms with Crippen LogP contribution in [-0.4, -0.2) is 33.7 Å². The number of carboxylic acids is 2. The topological polar surface area (TPSA) is 216 Å². The number of nitrogens with two attached hydrogens (primary N) is 2. The molecular weight excluding hydrogens is 795 g/mol. The van der Waals surface area contributed by atoms with Crippen LogP contribution < -0.4 is 32.3 Å². The number of anilines is 4. The number of aromatic nitrogens is 2. The second-order valence-corrected chi connectivity index (χ2v) is 11.8. The van der Waals surface area contributed by atoms with Crippen LogP contribution in [0.2, 0.25) is 10.0 Å². The Bertz CT molecular complexity index is 2060. The summed E-state index contributed by atoms with van der Waals surface area (Å²) in [5.74, 6) is -3.26. The molecule has 1 radical (unpaired) electrons. The van der Waals surface area contributed by atoms with Crippen molar-refractivity contribution in [2.45, 2.75) is 13.8 Å². The molecule has 12 nitrogen and oxygen atoms in total. The average Bonchev–Trinajstić information content (AvgIpc) is 3.17. The second-order valence-electron chi connectivity index (χ2n) is 10.9. The van der Waals surface area contributed by atoms with Gasteiger partial charge >= 0.3 is 17.1 Å². The Labute approximate surface area is 338 Å². The van der Waals surface area contributed by atoms with E-state index in [-0.39, 0.29) is 28.2 Å². The number of halogens is 2. The number of nitrogens with zero attached hydrogens (tertiary/aromatic N) is 2. The van der Waals surface area contributed by atoms with E-state index in [9.17, 15) is 29.4 Å². The molecule has 0 atom stereocenters. The fraction of sp³-hybridized carbons (Fsp3) is 0.0500. The number of hydrogen-bond acceptors (Lipinski definition) is 10. The van der Waals surface area contributed by atoms with Gasteiger partial charge in [0.05, 0.1) is 11.9 Å². The van der Waals surface area contributed by atoms with Crippen molar-refractivity contribution >= 4 is 69.7 Å². The minimum Gasteiger partial charge on any atom is -0.545 e. The Morgan fingerprint density at radius 1 is 0.509 bits per heavy atom. The molecule has 55 heavy (non-hydrogen) atoms. The average molecular weight is 829 g/mol. The van der Waals surface area contributed by atoms with Gasteiger partial charge in [-0.15, -0.1) is 0 Å². The van der Waals surface area contributed by atoms with Crippen molar-refractivity contribution in [2.75, 3.05) is 10.6 Å². The Morgan fingerprint density at radius 3 is 1.11 bits per heavy atom. The Balaban J connectivity index is 0.000000265. The third-order valence-electron chi connectivity index (χ3n) is 7.30. The summed E-state index contributed by atoms with van der Waals surface area (Å²) in [6.07, 6.45) is 6.11. The number of carbonyl (C=O) groups excluding carboxylic acids is 4. The molecular formula is C40H34Cl2CuN6O6. The first kappa shape index (κ1) is 44.9. The van der Waals surface area contributed by atoms with E-state index in [0.29, 0.717) is 32.5 Å². The van der Waals surface area contributed by atoms with Crippen LogP contribution in [0.4, 0.5) is 22.7 Å². The van der Waals surface area contributed by atoms with Crippen molar-refractivity contribution in [3.05, 3.63) is 177 Å². The molecule has 285 valence electrons. The second kappa shape index (κ2) is 22.7. The Kier molecular flexibility index (Phi) is 18.6. The van der Waals surface area contributed by atoms with Gasteiger partial charge in [-0.2, -0.15) is 0 Å². The van der Waals surface area contributed by atoms with E-state index >= 15 is 0 Å². The Hall–Kier alpha value is -6.24. The van der Waals surface area contributed by atoms with E-state index in [0.717, 1.165) is 22.5 Å². The van der Waals surface area contributed by atoms with Crippen LogP contribution in [0.3, 0.4) is 0 Å². The maximum atomic E-state index is 11.0. The van der Waals surface area contributed by atoms with Gasteiger partial charge in [0.1, 0.15) is 0 Å². The maximum absolute atomic E-state index is 11.0. The predicted molar refractivity (Wildman–Crippen MR) is 206 cm³/mol. The van der Waals surface area contributed by atoms with Gasteiger partial charge in [-0.05, 0) is 85.6 Å². The van der Waals surface area contributed by atoms with Gasteiger partial charge in [0.25, 0.3) is 0 Å². The van der Waals surface area contributed by atoms with E-state index in [1.165, 1.54) is 36.9 Å². The van der Waals surface area contributed by atoms with Gasteiger partial charge in [-0.1, -0.05) is 71.7 Å². The number of nitrogens with one attached hydrogen (secondary N) is 2. The van der Waals surface area contributed by atoms with Crippen molar-refractivity contribution < 1.29 is 46.5 Å². The summed E-state index contributed by atoms with van der Waals surface area (Å²) in [5.41, 5.74) is 15.4. The molecule has 2 heterocycles. The summed E-state index contributed by atoms with van der Waals surface area (Å²) in [5, 5.41) is 29.3. The molecule has 4 aromatic carbocycles. The minimum atomic E-state index is -1.21. The van der Waals surface area contributed by atoms with Crippen molar-refractivity contribution in [1.29, 1.82) is 0 Å². The number of hydrogen-bond donors (Lipinski definition) is 4. The molecule has 6 rings (SSSR count). The summed E-state index contributed by atoms with van der Waals surface area (Å²) in [7, 11) is 0. The first-order valence-electron chi connectivity index (χ1n) is 15.8. The van der Waals surface area contributed by atoms with E-state index in [1.54, 1.807) is 84.9 Å². The summed E-state index contributed by atoms with van der Waals surface area (Å²) in [6, 6.07) is 30.3. The molecule has 0 aliphatic carbocycles. The zero-order valence-electron chi connectivity index (χ0n) is 29.3. The molecule has 0 bridgehead atoms. The SMILES string of the molecule is Cc1c(Cl)cccc1Nc1ccccc1C(=O)[O-].Cc1c(Cl)cccc1Nc1ccccc1C(=O)[O-].NC(=O)c1ccncc1.NC(=O)c1ccncc1.[Cu+2]. The van der Waals surface area contributed by atoms with Crippen molar-refractivity contribution in [1.82, 2.24) is 9.97 Å². The number of primary amides is 2. The van der Waals surface area contributed by atoms with Gasteiger partial charge in [0.2, 0.25) is 11.8 Å². The molecule has 0 fully saturated rings. The van der Waals surface area contributed by atoms with Crippen molar-refractivity contribution in [3.8, 4) is 0 Å². The summed E-state index contributed by atoms with van der Waals surface area (Å²) in [4.78, 5) is 50.2. The van der Waals surface area contributed by atoms with Crippen molar-refractivity contribution in [2.24, 2.45) is 11.5 Å². The maximum Gasteiger partial charge on any atom is 2.00 e. The van der Waals surface area contributed by atoms with Crippen LogP contribution in [0.1, 0.15) is 52.6 Å². The molecule has 0 unspecified atom stereocenters. The molecule has 6 aromatic rings. The van der Waals surface area contributed by atoms with Gasteiger partial charge < -0.3 is 41.9 Å². The zero-order valence-corrected chi connectivity index (χ0v) is 31.7. The largest absolute Gasteiger partial charge is 2.00 e. The molecule has 2 aromatic heterocycles. The third kappa shape index (κ3) is 14.3. The zero-order chi connectivity index (χ0) is 39.6. The summed E-state index contributed by atoms with van der Waals surface area (Å²) in [6.45, 7) is 3.73. The number of amides is 2. The first-order chi connectivity index (χ1) is 25.8. The number of carbonyl (C=O) groups is 4. The van der Waals surface area contributed by atoms with Crippen LogP contribution in [0.15, 0.2) is 134 Å². The predicted octanol–water partition coefficient (Wildman–Crippen LogP) is 5.87. The van der Waals surface area contributed by atoms with Gasteiger partial charge in [-0.3, -0.25) is 19.6 Å². The van der Waals surface area contributed by atoms with Gasteiger partial charge in [0.15, 0.2) is 0 Å². The normalized spacial score (nSPS) is 9.53. The number of carboxylic acid groups (broad SMARTS) is 2. The number of benzene rings is 4. The minimum absolute atomic E-state index is 0. The monoisotopic (exact) mass is 827 g/mol. The molecule has 2 amide bonds. The van der Waals surface area contributed by atoms with Crippen LogP contribution in [0, 0.1) is 13.8 Å². The van der Waals surface area contributed by atoms with Gasteiger partial charge in [-0.25, -0.2) is 0 Å². The standard InChI is InChI=1S/2C14H12ClNO2.2C6H6N2O.Cu/c2*1-9-11(15)6-4-8-12(9)16-13-7-3-2-5-10(13)14(17)18;2*7-6(9)5-1-3-8-4-2-5;/h2*2-8,16H,1H3,(H,17,18);2*1-4H,(H2,7,9);/q;;;;+2/p-2. The molecule has 15 heteroatoms. The number of pyridine rings is 2. The number of aromatic carboxylic acids is 2. The fourth-order valence-electron chi connectivity index (χ4n) is 4.35. The molecule has 6 N–H and O–H groups in total. The number of para-hydroxylation sites is 2. The summed E-state index contributed by atoms with van der Waals surface area (Å²) >= 11 is 12.0. The summed E-state index contributed by atoms with van der Waals surface area (Å²) < 4.78 is 0. The molecule has 0 saturated heterocycles. The third-order valence-corrected chi connectivity index (χ3v) is 8.12.